The first-order valence-electron chi connectivity index (χ1n) is 10.9. The van der Waals surface area contributed by atoms with Crippen molar-refractivity contribution in [2.75, 3.05) is 18.5 Å². The number of anilines is 2. The Labute approximate surface area is 186 Å². The molecule has 1 fully saturated rings. The monoisotopic (exact) mass is 430 g/mol. The van der Waals surface area contributed by atoms with Gasteiger partial charge in [-0.05, 0) is 67.6 Å². The maximum atomic E-state index is 9.34. The van der Waals surface area contributed by atoms with Gasteiger partial charge in [0.1, 0.15) is 29.1 Å². The van der Waals surface area contributed by atoms with Gasteiger partial charge in [-0.15, -0.1) is 0 Å². The van der Waals surface area contributed by atoms with Gasteiger partial charge in [0.2, 0.25) is 0 Å². The predicted molar refractivity (Wildman–Crippen MR) is 124 cm³/mol. The van der Waals surface area contributed by atoms with Crippen LogP contribution >= 0.6 is 0 Å². The van der Waals surface area contributed by atoms with Crippen LogP contribution in [0, 0.1) is 12.8 Å². The molecule has 1 aliphatic carbocycles. The second-order valence-corrected chi connectivity index (χ2v) is 8.13. The average Bonchev–Trinajstić information content (AvgIpc) is 3.54. The molecular formula is C25H26N4O3. The SMILES string of the molecule is Cc1cc(Nc2ncnc3ccn(CCO)c23)ccc1Oc1cccc(OCC2CC2)c1. The van der Waals surface area contributed by atoms with Gasteiger partial charge in [-0.1, -0.05) is 6.07 Å². The Hall–Kier alpha value is -3.58. The number of fused-ring (bicyclic) bond motifs is 1. The van der Waals surface area contributed by atoms with Gasteiger partial charge >= 0.3 is 0 Å². The molecule has 0 radical (unpaired) electrons. The smallest absolute Gasteiger partial charge is 0.158 e. The summed E-state index contributed by atoms with van der Waals surface area (Å²) in [6, 6.07) is 15.6. The standard InChI is InChI=1S/C25H26N4O3/c1-17-13-19(28-25-24-22(26-16-27-25)9-10-29(24)11-12-30)7-8-23(17)32-21-4-2-3-20(14-21)31-15-18-5-6-18/h2-4,7-10,13-14,16,18,30H,5-6,11-12,15H2,1H3,(H,26,27,28). The highest BCUT2D eigenvalue weighted by molar-refractivity contribution is 5.88. The molecule has 7 heteroatoms. The van der Waals surface area contributed by atoms with Crippen LogP contribution in [0.5, 0.6) is 17.2 Å². The molecule has 164 valence electrons. The molecule has 2 aromatic carbocycles. The summed E-state index contributed by atoms with van der Waals surface area (Å²) >= 11 is 0. The number of nitrogens with zero attached hydrogens (tertiary/aromatic N) is 3. The van der Waals surface area contributed by atoms with Crippen molar-refractivity contribution < 1.29 is 14.6 Å². The van der Waals surface area contributed by atoms with Gasteiger partial charge in [-0.3, -0.25) is 0 Å². The van der Waals surface area contributed by atoms with Crippen LogP contribution < -0.4 is 14.8 Å². The number of benzene rings is 2. The normalized spacial score (nSPS) is 13.3. The van der Waals surface area contributed by atoms with Gasteiger partial charge in [0, 0.05) is 24.5 Å². The maximum absolute atomic E-state index is 9.34. The molecule has 2 N–H and O–H groups in total. The molecule has 7 nitrogen and oxygen atoms in total. The molecule has 0 spiro atoms. The summed E-state index contributed by atoms with van der Waals surface area (Å²) < 4.78 is 13.9. The zero-order valence-electron chi connectivity index (χ0n) is 18.0. The van der Waals surface area contributed by atoms with E-state index < -0.39 is 0 Å². The number of ether oxygens (including phenoxy) is 2. The van der Waals surface area contributed by atoms with Gasteiger partial charge in [0.25, 0.3) is 0 Å². The number of rotatable bonds is 9. The average molecular weight is 431 g/mol. The van der Waals surface area contributed by atoms with Crippen molar-refractivity contribution in [3.8, 4) is 17.2 Å². The van der Waals surface area contributed by atoms with Crippen LogP contribution in [0.1, 0.15) is 18.4 Å². The fourth-order valence-corrected chi connectivity index (χ4v) is 3.65. The van der Waals surface area contributed by atoms with Gasteiger partial charge in [0.05, 0.1) is 18.7 Å². The van der Waals surface area contributed by atoms with E-state index in [2.05, 4.69) is 15.3 Å². The Balaban J connectivity index is 1.32. The minimum absolute atomic E-state index is 0.0517. The van der Waals surface area contributed by atoms with Crippen molar-refractivity contribution in [1.82, 2.24) is 14.5 Å². The van der Waals surface area contributed by atoms with Crippen molar-refractivity contribution in [2.24, 2.45) is 5.92 Å². The lowest BCUT2D eigenvalue weighted by atomic mass is 10.2. The number of aryl methyl sites for hydroxylation is 1. The third-order valence-corrected chi connectivity index (χ3v) is 5.54. The Morgan fingerprint density at radius 1 is 1.09 bits per heavy atom. The molecular weight excluding hydrogens is 404 g/mol. The van der Waals surface area contributed by atoms with Crippen LogP contribution in [0.2, 0.25) is 0 Å². The summed E-state index contributed by atoms with van der Waals surface area (Å²) in [5.74, 6) is 3.78. The summed E-state index contributed by atoms with van der Waals surface area (Å²) in [6.45, 7) is 3.33. The van der Waals surface area contributed by atoms with Crippen LogP contribution in [-0.4, -0.2) is 32.9 Å². The molecule has 4 aromatic rings. The first-order chi connectivity index (χ1) is 15.7. The number of hydrogen-bond donors (Lipinski definition) is 2. The molecule has 0 atom stereocenters. The zero-order valence-corrected chi connectivity index (χ0v) is 18.0. The first-order valence-corrected chi connectivity index (χ1v) is 10.9. The summed E-state index contributed by atoms with van der Waals surface area (Å²) in [5, 5.41) is 12.7. The highest BCUT2D eigenvalue weighted by atomic mass is 16.5. The quantitative estimate of drug-likeness (QED) is 0.386. The molecule has 2 heterocycles. The van der Waals surface area contributed by atoms with E-state index in [0.29, 0.717) is 18.3 Å². The lowest BCUT2D eigenvalue weighted by Crippen LogP contribution is -2.04. The summed E-state index contributed by atoms with van der Waals surface area (Å²) in [4.78, 5) is 8.73. The zero-order chi connectivity index (χ0) is 21.9. The minimum atomic E-state index is 0.0517. The lowest BCUT2D eigenvalue weighted by Gasteiger charge is -2.13. The molecule has 5 rings (SSSR count). The number of hydrogen-bond acceptors (Lipinski definition) is 6. The summed E-state index contributed by atoms with van der Waals surface area (Å²) in [5.41, 5.74) is 3.59. The molecule has 0 unspecified atom stereocenters. The molecule has 1 saturated carbocycles. The van der Waals surface area contributed by atoms with Crippen LogP contribution in [0.25, 0.3) is 11.0 Å². The predicted octanol–water partition coefficient (Wildman–Crippen LogP) is 5.06. The van der Waals surface area contributed by atoms with Crippen molar-refractivity contribution in [3.05, 3.63) is 66.6 Å². The van der Waals surface area contributed by atoms with Crippen molar-refractivity contribution >= 4 is 22.5 Å². The molecule has 1 aliphatic rings. The number of aliphatic hydroxyl groups is 1. The molecule has 0 amide bonds. The highest BCUT2D eigenvalue weighted by Crippen LogP contribution is 2.33. The van der Waals surface area contributed by atoms with Gasteiger partial charge in [-0.25, -0.2) is 9.97 Å². The van der Waals surface area contributed by atoms with Crippen molar-refractivity contribution in [1.29, 1.82) is 0 Å². The van der Waals surface area contributed by atoms with Gasteiger partial charge in [-0.2, -0.15) is 0 Å². The van der Waals surface area contributed by atoms with E-state index in [0.717, 1.165) is 46.1 Å². The number of aliphatic hydroxyl groups excluding tert-OH is 1. The van der Waals surface area contributed by atoms with Crippen LogP contribution in [0.15, 0.2) is 61.1 Å². The van der Waals surface area contributed by atoms with Crippen molar-refractivity contribution in [3.63, 3.8) is 0 Å². The molecule has 0 saturated heterocycles. The largest absolute Gasteiger partial charge is 0.493 e. The second-order valence-electron chi connectivity index (χ2n) is 8.13. The van der Waals surface area contributed by atoms with Crippen LogP contribution in [-0.2, 0) is 6.54 Å². The first kappa shape index (κ1) is 20.3. The Kier molecular flexibility index (Phi) is 5.64. The van der Waals surface area contributed by atoms with Crippen LogP contribution in [0.3, 0.4) is 0 Å². The summed E-state index contributed by atoms with van der Waals surface area (Å²) in [7, 11) is 0. The Morgan fingerprint density at radius 2 is 1.97 bits per heavy atom. The van der Waals surface area contributed by atoms with E-state index in [-0.39, 0.29) is 6.61 Å². The van der Waals surface area contributed by atoms with Gasteiger partial charge in [0.15, 0.2) is 5.82 Å². The number of nitrogens with one attached hydrogen (secondary N) is 1. The lowest BCUT2D eigenvalue weighted by molar-refractivity contribution is 0.278. The van der Waals surface area contributed by atoms with Crippen LogP contribution in [0.4, 0.5) is 11.5 Å². The van der Waals surface area contributed by atoms with E-state index in [1.54, 1.807) is 0 Å². The fraction of sp³-hybridized carbons (Fsp3) is 0.280. The molecule has 0 aliphatic heterocycles. The Morgan fingerprint density at radius 3 is 2.78 bits per heavy atom. The third kappa shape index (κ3) is 4.53. The second kappa shape index (κ2) is 8.88. The molecule has 0 bridgehead atoms. The van der Waals surface area contributed by atoms with E-state index >= 15 is 0 Å². The van der Waals surface area contributed by atoms with Crippen molar-refractivity contribution in [2.45, 2.75) is 26.3 Å². The van der Waals surface area contributed by atoms with E-state index in [4.69, 9.17) is 9.47 Å². The number of aromatic nitrogens is 3. The fourth-order valence-electron chi connectivity index (χ4n) is 3.65. The molecule has 2 aromatic heterocycles. The van der Waals surface area contributed by atoms with E-state index in [1.165, 1.54) is 19.2 Å². The van der Waals surface area contributed by atoms with E-state index in [1.807, 2.05) is 66.2 Å². The van der Waals surface area contributed by atoms with E-state index in [9.17, 15) is 5.11 Å². The summed E-state index contributed by atoms with van der Waals surface area (Å²) in [6.07, 6.45) is 5.98. The van der Waals surface area contributed by atoms with Gasteiger partial charge < -0.3 is 24.5 Å². The topological polar surface area (TPSA) is 81.4 Å². The third-order valence-electron chi connectivity index (χ3n) is 5.54. The molecule has 32 heavy (non-hydrogen) atoms. The Bertz CT molecular complexity index is 1230. The maximum Gasteiger partial charge on any atom is 0.158 e. The minimum Gasteiger partial charge on any atom is -0.493 e. The highest BCUT2D eigenvalue weighted by Gasteiger charge is 2.22.